The minimum absolute atomic E-state index is 0.275. The number of carbonyl (C=O) groups is 1. The highest BCUT2D eigenvalue weighted by molar-refractivity contribution is 5.70. The summed E-state index contributed by atoms with van der Waals surface area (Å²) in [5.74, 6) is 1.56. The summed E-state index contributed by atoms with van der Waals surface area (Å²) < 4.78 is 11.7. The van der Waals surface area contributed by atoms with Crippen LogP contribution in [0.4, 0.5) is 4.79 Å². The zero-order valence-corrected chi connectivity index (χ0v) is 13.0. The Morgan fingerprint density at radius 1 is 1.09 bits per heavy atom. The summed E-state index contributed by atoms with van der Waals surface area (Å²) in [6.45, 7) is 3.24. The van der Waals surface area contributed by atoms with Gasteiger partial charge < -0.3 is 14.4 Å². The van der Waals surface area contributed by atoms with Gasteiger partial charge in [-0.15, -0.1) is 0 Å². The Kier molecular flexibility index (Phi) is 3.79. The molecule has 1 aromatic carbocycles. The fourth-order valence-corrected chi connectivity index (χ4v) is 3.21. The van der Waals surface area contributed by atoms with Crippen molar-refractivity contribution in [2.45, 2.75) is 19.4 Å². The summed E-state index contributed by atoms with van der Waals surface area (Å²) in [6, 6.07) is 7.89. The molecule has 3 aliphatic rings. The van der Waals surface area contributed by atoms with Gasteiger partial charge in [-0.2, -0.15) is 0 Å². The molecule has 2 heterocycles. The smallest absolute Gasteiger partial charge is 0.415 e. The van der Waals surface area contributed by atoms with Gasteiger partial charge in [0, 0.05) is 25.2 Å². The molecule has 0 aromatic heterocycles. The third kappa shape index (κ3) is 2.97. The fourth-order valence-electron chi connectivity index (χ4n) is 3.21. The predicted octanol–water partition coefficient (Wildman–Crippen LogP) is 2.89. The molecule has 0 saturated heterocycles. The second-order valence-corrected chi connectivity index (χ2v) is 6.13. The molecule has 120 valence electrons. The third-order valence-corrected chi connectivity index (χ3v) is 4.52. The SMILES string of the molecule is O=C1OC2=C(CCC=C2)CN2CCN1Cc1ccccc1OC2. The number of hydrogen-bond acceptors (Lipinski definition) is 4. The lowest BCUT2D eigenvalue weighted by Crippen LogP contribution is -2.38. The van der Waals surface area contributed by atoms with E-state index in [9.17, 15) is 4.79 Å². The van der Waals surface area contributed by atoms with E-state index in [1.807, 2.05) is 30.3 Å². The molecule has 4 rings (SSSR count). The quantitative estimate of drug-likeness (QED) is 0.739. The third-order valence-electron chi connectivity index (χ3n) is 4.52. The summed E-state index contributed by atoms with van der Waals surface area (Å²) in [5, 5.41) is 0. The van der Waals surface area contributed by atoms with Crippen LogP contribution in [0.3, 0.4) is 0 Å². The Balaban J connectivity index is 1.71. The van der Waals surface area contributed by atoms with Crippen molar-refractivity contribution in [2.24, 2.45) is 0 Å². The van der Waals surface area contributed by atoms with Crippen LogP contribution >= 0.6 is 0 Å². The zero-order valence-electron chi connectivity index (χ0n) is 13.0. The minimum Gasteiger partial charge on any atom is -0.478 e. The number of benzene rings is 1. The van der Waals surface area contributed by atoms with Crippen molar-refractivity contribution in [1.29, 1.82) is 0 Å². The molecule has 2 aliphatic heterocycles. The van der Waals surface area contributed by atoms with E-state index in [0.29, 0.717) is 25.6 Å². The summed E-state index contributed by atoms with van der Waals surface area (Å²) in [5.41, 5.74) is 2.19. The summed E-state index contributed by atoms with van der Waals surface area (Å²) >= 11 is 0. The van der Waals surface area contributed by atoms with Crippen LogP contribution in [0.5, 0.6) is 5.75 Å². The second kappa shape index (κ2) is 6.08. The Morgan fingerprint density at radius 2 is 2.00 bits per heavy atom. The predicted molar refractivity (Wildman–Crippen MR) is 85.8 cm³/mol. The Morgan fingerprint density at radius 3 is 2.96 bits per heavy atom. The maximum absolute atomic E-state index is 12.6. The molecular formula is C18H20N2O3. The summed E-state index contributed by atoms with van der Waals surface area (Å²) in [6.07, 6.45) is 5.65. The number of carbonyl (C=O) groups excluding carboxylic acids is 1. The molecule has 2 bridgehead atoms. The number of fused-ring (bicyclic) bond motifs is 4. The van der Waals surface area contributed by atoms with Crippen LogP contribution in [0.2, 0.25) is 0 Å². The molecule has 0 spiro atoms. The summed E-state index contributed by atoms with van der Waals surface area (Å²) in [7, 11) is 0. The standard InChI is InChI=1S/C18H20N2O3/c21-18-20-10-9-19(11-14-5-2-4-8-17(14)23-18)13-22-16-7-3-1-6-15(16)12-20/h1,3-4,6-8H,2,5,9-13H2. The van der Waals surface area contributed by atoms with Crippen molar-refractivity contribution >= 4 is 6.09 Å². The van der Waals surface area contributed by atoms with Gasteiger partial charge in [0.2, 0.25) is 0 Å². The van der Waals surface area contributed by atoms with Gasteiger partial charge in [-0.1, -0.05) is 24.3 Å². The normalized spacial score (nSPS) is 24.1. The average molecular weight is 312 g/mol. The van der Waals surface area contributed by atoms with Crippen molar-refractivity contribution in [3.8, 4) is 5.75 Å². The fraction of sp³-hybridized carbons (Fsp3) is 0.389. The molecule has 1 unspecified atom stereocenters. The lowest BCUT2D eigenvalue weighted by Gasteiger charge is -2.24. The first-order valence-electron chi connectivity index (χ1n) is 8.08. The van der Waals surface area contributed by atoms with Crippen molar-refractivity contribution in [1.82, 2.24) is 9.80 Å². The number of hydrogen-bond donors (Lipinski definition) is 0. The topological polar surface area (TPSA) is 42.0 Å². The molecule has 1 amide bonds. The Bertz CT molecular complexity index is 681. The van der Waals surface area contributed by atoms with E-state index in [4.69, 9.17) is 9.47 Å². The number of para-hydroxylation sites is 1. The van der Waals surface area contributed by atoms with E-state index < -0.39 is 0 Å². The number of nitrogens with zero attached hydrogens (tertiary/aromatic N) is 2. The molecule has 0 saturated carbocycles. The number of rotatable bonds is 0. The van der Waals surface area contributed by atoms with Crippen LogP contribution < -0.4 is 4.74 Å². The van der Waals surface area contributed by atoms with Gasteiger partial charge in [0.15, 0.2) is 0 Å². The highest BCUT2D eigenvalue weighted by atomic mass is 16.6. The van der Waals surface area contributed by atoms with Gasteiger partial charge in [0.1, 0.15) is 18.2 Å². The van der Waals surface area contributed by atoms with Gasteiger partial charge in [-0.25, -0.2) is 4.79 Å². The average Bonchev–Trinajstić information content (AvgIpc) is 2.69. The summed E-state index contributed by atoms with van der Waals surface area (Å²) in [4.78, 5) is 16.6. The molecule has 23 heavy (non-hydrogen) atoms. The van der Waals surface area contributed by atoms with Gasteiger partial charge in [0.05, 0.1) is 6.54 Å². The van der Waals surface area contributed by atoms with Crippen molar-refractivity contribution < 1.29 is 14.3 Å². The van der Waals surface area contributed by atoms with Crippen molar-refractivity contribution in [3.63, 3.8) is 0 Å². The van der Waals surface area contributed by atoms with Gasteiger partial charge >= 0.3 is 6.09 Å². The molecule has 0 fully saturated rings. The van der Waals surface area contributed by atoms with Gasteiger partial charge in [-0.3, -0.25) is 4.90 Å². The molecule has 5 nitrogen and oxygen atoms in total. The molecule has 5 heteroatoms. The first kappa shape index (κ1) is 14.3. The Labute approximate surface area is 135 Å². The molecular weight excluding hydrogens is 292 g/mol. The Hall–Kier alpha value is -2.27. The molecule has 0 N–H and O–H groups in total. The van der Waals surface area contributed by atoms with Crippen LogP contribution in [0.25, 0.3) is 0 Å². The molecule has 1 atom stereocenters. The highest BCUT2D eigenvalue weighted by Gasteiger charge is 2.26. The van der Waals surface area contributed by atoms with Crippen LogP contribution in [-0.4, -0.2) is 42.3 Å². The lowest BCUT2D eigenvalue weighted by atomic mass is 10.0. The van der Waals surface area contributed by atoms with E-state index in [0.717, 1.165) is 37.2 Å². The van der Waals surface area contributed by atoms with Crippen LogP contribution in [0.15, 0.2) is 47.7 Å². The van der Waals surface area contributed by atoms with E-state index in [1.165, 1.54) is 5.57 Å². The highest BCUT2D eigenvalue weighted by Crippen LogP contribution is 2.27. The van der Waals surface area contributed by atoms with E-state index in [1.54, 1.807) is 4.90 Å². The van der Waals surface area contributed by atoms with E-state index >= 15 is 0 Å². The number of allylic oxidation sites excluding steroid dienone is 2. The first-order chi connectivity index (χ1) is 11.3. The molecule has 1 aliphatic carbocycles. The first-order valence-corrected chi connectivity index (χ1v) is 8.08. The van der Waals surface area contributed by atoms with Gasteiger partial charge in [0.25, 0.3) is 0 Å². The van der Waals surface area contributed by atoms with Crippen LogP contribution in [-0.2, 0) is 11.3 Å². The lowest BCUT2D eigenvalue weighted by molar-refractivity contribution is 0.117. The maximum atomic E-state index is 12.6. The van der Waals surface area contributed by atoms with Crippen molar-refractivity contribution in [2.75, 3.05) is 26.4 Å². The number of amides is 1. The van der Waals surface area contributed by atoms with Crippen LogP contribution in [0.1, 0.15) is 18.4 Å². The van der Waals surface area contributed by atoms with Crippen LogP contribution in [0, 0.1) is 0 Å². The largest absolute Gasteiger partial charge is 0.478 e. The van der Waals surface area contributed by atoms with Gasteiger partial charge in [-0.05, 0) is 30.6 Å². The monoisotopic (exact) mass is 312 g/mol. The maximum Gasteiger partial charge on any atom is 0.415 e. The van der Waals surface area contributed by atoms with E-state index in [2.05, 4.69) is 11.0 Å². The molecule has 0 radical (unpaired) electrons. The zero-order chi connectivity index (χ0) is 15.6. The van der Waals surface area contributed by atoms with Crippen molar-refractivity contribution in [3.05, 3.63) is 53.3 Å². The minimum atomic E-state index is -0.275. The number of ether oxygens (including phenoxy) is 2. The molecule has 1 aromatic rings. The second-order valence-electron chi connectivity index (χ2n) is 6.13. The van der Waals surface area contributed by atoms with E-state index in [-0.39, 0.29) is 6.09 Å².